The molecule has 0 fully saturated rings. The molecule has 110 valence electrons. The molecule has 0 unspecified atom stereocenters. The molecule has 2 aromatic carbocycles. The number of aryl methyl sites for hydroxylation is 2. The molecule has 2 aromatic rings. The quantitative estimate of drug-likeness (QED) is 0.670. The van der Waals surface area contributed by atoms with Crippen LogP contribution in [0.5, 0.6) is 5.75 Å². The second kappa shape index (κ2) is 6.26. The van der Waals surface area contributed by atoms with Crippen molar-refractivity contribution in [3.63, 3.8) is 0 Å². The Hall–Kier alpha value is -2.56. The maximum atomic E-state index is 11.0. The van der Waals surface area contributed by atoms with Crippen LogP contribution in [-0.2, 0) is 6.61 Å². The van der Waals surface area contributed by atoms with Crippen molar-refractivity contribution < 1.29 is 9.66 Å². The van der Waals surface area contributed by atoms with E-state index < -0.39 is 4.92 Å². The first kappa shape index (κ1) is 14.8. The van der Waals surface area contributed by atoms with Gasteiger partial charge in [-0.1, -0.05) is 30.3 Å². The number of nitro groups is 1. The smallest absolute Gasteiger partial charge is 0.292 e. The number of nitrogens with one attached hydrogen (secondary N) is 1. The second-order valence-corrected chi connectivity index (χ2v) is 4.83. The lowest BCUT2D eigenvalue weighted by molar-refractivity contribution is -0.384. The highest BCUT2D eigenvalue weighted by Crippen LogP contribution is 2.30. The molecule has 0 aromatic heterocycles. The van der Waals surface area contributed by atoms with E-state index in [1.807, 2.05) is 38.1 Å². The number of nitro benzene ring substituents is 1. The summed E-state index contributed by atoms with van der Waals surface area (Å²) in [5.74, 6) is 0.825. The molecule has 21 heavy (non-hydrogen) atoms. The molecule has 0 saturated carbocycles. The number of hydrogen-bond donors (Lipinski definition) is 1. The van der Waals surface area contributed by atoms with Gasteiger partial charge in [-0.15, -0.1) is 0 Å². The summed E-state index contributed by atoms with van der Waals surface area (Å²) in [7, 11) is 1.67. The molecule has 0 atom stereocenters. The highest BCUT2D eigenvalue weighted by molar-refractivity contribution is 5.66. The molecule has 2 rings (SSSR count). The summed E-state index contributed by atoms with van der Waals surface area (Å²) in [6, 6.07) is 10.9. The van der Waals surface area contributed by atoms with E-state index in [2.05, 4.69) is 5.32 Å². The molecule has 0 amide bonds. The molecule has 0 aliphatic carbocycles. The molecular formula is C16H18N2O3. The topological polar surface area (TPSA) is 64.4 Å². The maximum absolute atomic E-state index is 11.0. The Morgan fingerprint density at radius 3 is 2.33 bits per heavy atom. The zero-order valence-corrected chi connectivity index (χ0v) is 12.3. The second-order valence-electron chi connectivity index (χ2n) is 4.83. The number of rotatable bonds is 5. The minimum atomic E-state index is -0.394. The van der Waals surface area contributed by atoms with Crippen molar-refractivity contribution >= 4 is 11.4 Å². The fourth-order valence-corrected chi connectivity index (χ4v) is 2.32. The van der Waals surface area contributed by atoms with Crippen LogP contribution in [-0.4, -0.2) is 12.0 Å². The van der Waals surface area contributed by atoms with Gasteiger partial charge in [-0.2, -0.15) is 0 Å². The van der Waals surface area contributed by atoms with Crippen LogP contribution in [0.2, 0.25) is 0 Å². The third-order valence-electron chi connectivity index (χ3n) is 3.36. The van der Waals surface area contributed by atoms with Crippen molar-refractivity contribution in [1.29, 1.82) is 0 Å². The first-order valence-electron chi connectivity index (χ1n) is 6.67. The third kappa shape index (κ3) is 3.13. The fraction of sp³-hybridized carbons (Fsp3) is 0.250. The number of anilines is 1. The van der Waals surface area contributed by atoms with Gasteiger partial charge in [0, 0.05) is 18.7 Å². The monoisotopic (exact) mass is 286 g/mol. The SMILES string of the molecule is CNc1c(COc2c(C)cccc2C)cccc1[N+](=O)[O-]. The molecule has 5 heteroatoms. The van der Waals surface area contributed by atoms with Gasteiger partial charge in [-0.05, 0) is 25.0 Å². The van der Waals surface area contributed by atoms with Gasteiger partial charge < -0.3 is 10.1 Å². The highest BCUT2D eigenvalue weighted by atomic mass is 16.6. The Balaban J connectivity index is 2.28. The first-order valence-corrected chi connectivity index (χ1v) is 6.67. The Labute approximate surface area is 123 Å². The molecule has 0 spiro atoms. The van der Waals surface area contributed by atoms with Crippen LogP contribution in [0.15, 0.2) is 36.4 Å². The standard InChI is InChI=1S/C16H18N2O3/c1-11-6-4-7-12(2)16(11)21-10-13-8-5-9-14(18(19)20)15(13)17-3/h4-9,17H,10H2,1-3H3. The lowest BCUT2D eigenvalue weighted by atomic mass is 10.1. The number of hydrogen-bond acceptors (Lipinski definition) is 4. The Morgan fingerprint density at radius 2 is 1.76 bits per heavy atom. The maximum Gasteiger partial charge on any atom is 0.292 e. The van der Waals surface area contributed by atoms with Crippen molar-refractivity contribution in [2.75, 3.05) is 12.4 Å². The number of benzene rings is 2. The van der Waals surface area contributed by atoms with Gasteiger partial charge >= 0.3 is 0 Å². The summed E-state index contributed by atoms with van der Waals surface area (Å²) in [5, 5.41) is 13.9. The van der Waals surface area contributed by atoms with Crippen molar-refractivity contribution in [3.8, 4) is 5.75 Å². The van der Waals surface area contributed by atoms with Gasteiger partial charge in [0.25, 0.3) is 5.69 Å². The lowest BCUT2D eigenvalue weighted by Gasteiger charge is -2.14. The number of para-hydroxylation sites is 2. The fourth-order valence-electron chi connectivity index (χ4n) is 2.32. The van der Waals surface area contributed by atoms with Gasteiger partial charge in [0.1, 0.15) is 18.0 Å². The van der Waals surface area contributed by atoms with Crippen molar-refractivity contribution in [2.45, 2.75) is 20.5 Å². The van der Waals surface area contributed by atoms with E-state index in [1.54, 1.807) is 13.1 Å². The van der Waals surface area contributed by atoms with Crippen LogP contribution in [0.1, 0.15) is 16.7 Å². The Morgan fingerprint density at radius 1 is 1.14 bits per heavy atom. The highest BCUT2D eigenvalue weighted by Gasteiger charge is 2.16. The predicted octanol–water partition coefficient (Wildman–Crippen LogP) is 3.83. The van der Waals surface area contributed by atoms with Crippen LogP contribution < -0.4 is 10.1 Å². The summed E-state index contributed by atoms with van der Waals surface area (Å²) in [4.78, 5) is 10.6. The summed E-state index contributed by atoms with van der Waals surface area (Å²) in [6.45, 7) is 4.24. The van der Waals surface area contributed by atoms with Crippen LogP contribution in [0.25, 0.3) is 0 Å². The average Bonchev–Trinajstić information content (AvgIpc) is 2.46. The van der Waals surface area contributed by atoms with Crippen LogP contribution in [0.4, 0.5) is 11.4 Å². The predicted molar refractivity (Wildman–Crippen MR) is 82.9 cm³/mol. The number of ether oxygens (including phenoxy) is 1. The van der Waals surface area contributed by atoms with E-state index in [0.717, 1.165) is 22.4 Å². The molecule has 0 bridgehead atoms. The lowest BCUT2D eigenvalue weighted by Crippen LogP contribution is -2.05. The molecule has 1 N–H and O–H groups in total. The summed E-state index contributed by atoms with van der Waals surface area (Å²) >= 11 is 0. The van der Waals surface area contributed by atoms with Crippen molar-refractivity contribution in [3.05, 3.63) is 63.2 Å². The molecule has 0 heterocycles. The van der Waals surface area contributed by atoms with E-state index in [9.17, 15) is 10.1 Å². The van der Waals surface area contributed by atoms with Crippen LogP contribution in [0, 0.1) is 24.0 Å². The largest absolute Gasteiger partial charge is 0.488 e. The molecule has 0 saturated heterocycles. The summed E-state index contributed by atoms with van der Waals surface area (Å²) in [5.41, 5.74) is 3.40. The van der Waals surface area contributed by atoms with Gasteiger partial charge in [-0.3, -0.25) is 10.1 Å². The summed E-state index contributed by atoms with van der Waals surface area (Å²) < 4.78 is 5.87. The summed E-state index contributed by atoms with van der Waals surface area (Å²) in [6.07, 6.45) is 0. The van der Waals surface area contributed by atoms with Crippen LogP contribution >= 0.6 is 0 Å². The zero-order chi connectivity index (χ0) is 15.4. The first-order chi connectivity index (χ1) is 10.0. The van der Waals surface area contributed by atoms with E-state index in [0.29, 0.717) is 5.69 Å². The molecule has 0 radical (unpaired) electrons. The minimum Gasteiger partial charge on any atom is -0.488 e. The molecule has 0 aliphatic heterocycles. The molecule has 5 nitrogen and oxygen atoms in total. The average molecular weight is 286 g/mol. The van der Waals surface area contributed by atoms with Gasteiger partial charge in [0.2, 0.25) is 0 Å². The molecule has 0 aliphatic rings. The van der Waals surface area contributed by atoms with Gasteiger partial charge in [-0.25, -0.2) is 0 Å². The normalized spacial score (nSPS) is 10.2. The zero-order valence-electron chi connectivity index (χ0n) is 12.3. The number of nitrogens with zero attached hydrogens (tertiary/aromatic N) is 1. The Bertz CT molecular complexity index is 648. The van der Waals surface area contributed by atoms with Crippen LogP contribution in [0.3, 0.4) is 0 Å². The van der Waals surface area contributed by atoms with E-state index in [-0.39, 0.29) is 12.3 Å². The van der Waals surface area contributed by atoms with Crippen molar-refractivity contribution in [1.82, 2.24) is 0 Å². The Kier molecular flexibility index (Phi) is 4.42. The van der Waals surface area contributed by atoms with Gasteiger partial charge in [0.05, 0.1) is 4.92 Å². The van der Waals surface area contributed by atoms with E-state index in [4.69, 9.17) is 4.74 Å². The molecular weight excluding hydrogens is 268 g/mol. The third-order valence-corrected chi connectivity index (χ3v) is 3.36. The van der Waals surface area contributed by atoms with Gasteiger partial charge in [0.15, 0.2) is 0 Å². The van der Waals surface area contributed by atoms with Crippen molar-refractivity contribution in [2.24, 2.45) is 0 Å². The van der Waals surface area contributed by atoms with E-state index >= 15 is 0 Å². The van der Waals surface area contributed by atoms with E-state index in [1.165, 1.54) is 6.07 Å². The minimum absolute atomic E-state index is 0.0557.